The van der Waals surface area contributed by atoms with Crippen LogP contribution in [-0.4, -0.2) is 42.0 Å². The fourth-order valence-corrected chi connectivity index (χ4v) is 3.05. The molecule has 3 rings (SSSR count). The quantitative estimate of drug-likeness (QED) is 0.553. The standard InChI is InChI=1S/C18H17F2N3O4S/c1-3-18(8-14(22-27-18)10-4-11(19)6-12(20)5-10)17(25)21-13-7-15(26-9-13)16(24)23-28-2/h3-7,13H,1,8-9H2,2H3,(H,21,25)(H,23,24)/t13-,18-/m1/s1. The number of nitrogens with zero attached hydrogens (tertiary/aromatic N) is 1. The first-order valence-electron chi connectivity index (χ1n) is 8.21. The molecule has 2 aliphatic rings. The largest absolute Gasteiger partial charge is 0.486 e. The molecule has 1 aromatic rings. The number of oxime groups is 1. The van der Waals surface area contributed by atoms with Crippen LogP contribution in [0.25, 0.3) is 0 Å². The molecule has 2 heterocycles. The third-order valence-electron chi connectivity index (χ3n) is 4.16. The molecule has 0 bridgehead atoms. The lowest BCUT2D eigenvalue weighted by Gasteiger charge is -2.23. The van der Waals surface area contributed by atoms with E-state index >= 15 is 0 Å². The fourth-order valence-electron chi connectivity index (χ4n) is 2.77. The van der Waals surface area contributed by atoms with Gasteiger partial charge in [-0.1, -0.05) is 23.7 Å². The van der Waals surface area contributed by atoms with Gasteiger partial charge in [-0.3, -0.25) is 14.3 Å². The maximum atomic E-state index is 13.5. The molecule has 148 valence electrons. The molecule has 0 saturated heterocycles. The molecule has 2 N–H and O–H groups in total. The molecule has 0 unspecified atom stereocenters. The van der Waals surface area contributed by atoms with Crippen molar-refractivity contribution in [2.75, 3.05) is 12.9 Å². The van der Waals surface area contributed by atoms with Crippen LogP contribution in [0.1, 0.15) is 12.0 Å². The zero-order chi connectivity index (χ0) is 20.3. The Morgan fingerprint density at radius 1 is 1.36 bits per heavy atom. The predicted octanol–water partition coefficient (Wildman–Crippen LogP) is 1.81. The van der Waals surface area contributed by atoms with Crippen LogP contribution in [0.15, 0.2) is 47.8 Å². The van der Waals surface area contributed by atoms with Gasteiger partial charge in [-0.25, -0.2) is 8.78 Å². The van der Waals surface area contributed by atoms with Gasteiger partial charge in [0.2, 0.25) is 5.60 Å². The zero-order valence-corrected chi connectivity index (χ0v) is 15.6. The highest BCUT2D eigenvalue weighted by atomic mass is 32.2. The normalized spacial score (nSPS) is 23.2. The van der Waals surface area contributed by atoms with E-state index in [0.29, 0.717) is 0 Å². The predicted molar refractivity (Wildman–Crippen MR) is 99.1 cm³/mol. The third kappa shape index (κ3) is 4.01. The summed E-state index contributed by atoms with van der Waals surface area (Å²) in [4.78, 5) is 29.8. The van der Waals surface area contributed by atoms with Crippen LogP contribution >= 0.6 is 11.9 Å². The van der Waals surface area contributed by atoms with Crippen LogP contribution in [0.4, 0.5) is 8.78 Å². The van der Waals surface area contributed by atoms with Crippen molar-refractivity contribution in [3.05, 3.63) is 59.9 Å². The minimum atomic E-state index is -1.53. The van der Waals surface area contributed by atoms with E-state index in [4.69, 9.17) is 9.57 Å². The van der Waals surface area contributed by atoms with Crippen LogP contribution in [0.2, 0.25) is 0 Å². The minimum Gasteiger partial charge on any atom is -0.486 e. The number of hydrogen-bond donors (Lipinski definition) is 2. The molecular weight excluding hydrogens is 392 g/mol. The van der Waals surface area contributed by atoms with E-state index < -0.39 is 35.1 Å². The van der Waals surface area contributed by atoms with Crippen molar-refractivity contribution in [3.63, 3.8) is 0 Å². The molecule has 28 heavy (non-hydrogen) atoms. The Morgan fingerprint density at radius 3 is 2.71 bits per heavy atom. The summed E-state index contributed by atoms with van der Waals surface area (Å²) in [7, 11) is 0. The Bertz CT molecular complexity index is 869. The highest BCUT2D eigenvalue weighted by molar-refractivity contribution is 7.97. The van der Waals surface area contributed by atoms with Crippen LogP contribution in [0.5, 0.6) is 0 Å². The number of amides is 2. The maximum absolute atomic E-state index is 13.5. The average Bonchev–Trinajstić information content (AvgIpc) is 3.29. The third-order valence-corrected chi connectivity index (χ3v) is 4.55. The summed E-state index contributed by atoms with van der Waals surface area (Å²) in [6.07, 6.45) is 4.40. The van der Waals surface area contributed by atoms with Gasteiger partial charge in [0.15, 0.2) is 5.76 Å². The Labute approximate surface area is 164 Å². The van der Waals surface area contributed by atoms with Crippen LogP contribution in [0, 0.1) is 11.6 Å². The zero-order valence-electron chi connectivity index (χ0n) is 14.8. The highest BCUT2D eigenvalue weighted by Crippen LogP contribution is 2.29. The molecule has 1 aromatic carbocycles. The van der Waals surface area contributed by atoms with E-state index in [1.54, 1.807) is 6.26 Å². The summed E-state index contributed by atoms with van der Waals surface area (Å²) in [6, 6.07) is 2.40. The van der Waals surface area contributed by atoms with Gasteiger partial charge < -0.3 is 14.9 Å². The van der Waals surface area contributed by atoms with Crippen molar-refractivity contribution in [1.82, 2.24) is 10.0 Å². The van der Waals surface area contributed by atoms with Crippen molar-refractivity contribution in [1.29, 1.82) is 0 Å². The van der Waals surface area contributed by atoms with E-state index in [0.717, 1.165) is 30.1 Å². The molecule has 2 atom stereocenters. The first-order chi connectivity index (χ1) is 13.4. The van der Waals surface area contributed by atoms with Crippen LogP contribution in [0.3, 0.4) is 0 Å². The number of nitrogens with one attached hydrogen (secondary N) is 2. The average molecular weight is 409 g/mol. The molecule has 0 saturated carbocycles. The lowest BCUT2D eigenvalue weighted by molar-refractivity contribution is -0.138. The number of halogens is 2. The number of rotatable bonds is 6. The Morgan fingerprint density at radius 2 is 2.07 bits per heavy atom. The molecule has 7 nitrogen and oxygen atoms in total. The summed E-state index contributed by atoms with van der Waals surface area (Å²) >= 11 is 1.13. The van der Waals surface area contributed by atoms with E-state index in [1.165, 1.54) is 12.2 Å². The van der Waals surface area contributed by atoms with Gasteiger partial charge in [0.05, 0.1) is 11.8 Å². The summed E-state index contributed by atoms with van der Waals surface area (Å²) < 4.78 is 34.7. The molecule has 2 amide bonds. The van der Waals surface area contributed by atoms with Gasteiger partial charge in [0.25, 0.3) is 11.8 Å². The molecular formula is C18H17F2N3O4S. The van der Waals surface area contributed by atoms with Gasteiger partial charge >= 0.3 is 0 Å². The van der Waals surface area contributed by atoms with Crippen molar-refractivity contribution < 1.29 is 27.9 Å². The number of carbonyl (C=O) groups excluding carboxylic acids is 2. The van der Waals surface area contributed by atoms with E-state index in [2.05, 4.69) is 21.8 Å². The molecule has 0 radical (unpaired) electrons. The molecule has 10 heteroatoms. The van der Waals surface area contributed by atoms with Gasteiger partial charge in [0.1, 0.15) is 18.2 Å². The molecule has 0 aliphatic carbocycles. The number of carbonyl (C=O) groups is 2. The van der Waals surface area contributed by atoms with Gasteiger partial charge in [0, 0.05) is 24.3 Å². The smallest absolute Gasteiger partial charge is 0.295 e. The fraction of sp³-hybridized carbons (Fsp3) is 0.278. The second kappa shape index (κ2) is 8.01. The van der Waals surface area contributed by atoms with Gasteiger partial charge in [-0.05, 0) is 24.3 Å². The lowest BCUT2D eigenvalue weighted by Crippen LogP contribution is -2.49. The van der Waals surface area contributed by atoms with Crippen molar-refractivity contribution >= 4 is 29.5 Å². The topological polar surface area (TPSA) is 89.0 Å². The summed E-state index contributed by atoms with van der Waals surface area (Å²) in [6.45, 7) is 3.70. The summed E-state index contributed by atoms with van der Waals surface area (Å²) in [5, 5.41) is 6.50. The monoisotopic (exact) mass is 409 g/mol. The van der Waals surface area contributed by atoms with Crippen molar-refractivity contribution in [3.8, 4) is 0 Å². The van der Waals surface area contributed by atoms with Crippen molar-refractivity contribution in [2.24, 2.45) is 5.16 Å². The number of hydrogen-bond acceptors (Lipinski definition) is 6. The summed E-state index contributed by atoms with van der Waals surface area (Å²) in [5.74, 6) is -2.38. The van der Waals surface area contributed by atoms with Gasteiger partial charge in [-0.2, -0.15) is 0 Å². The highest BCUT2D eigenvalue weighted by Gasteiger charge is 2.45. The van der Waals surface area contributed by atoms with Crippen LogP contribution < -0.4 is 10.0 Å². The minimum absolute atomic E-state index is 0.0532. The van der Waals surface area contributed by atoms with E-state index in [-0.39, 0.29) is 30.1 Å². The number of ether oxygens (including phenoxy) is 1. The molecule has 0 fully saturated rings. The summed E-state index contributed by atoms with van der Waals surface area (Å²) in [5.41, 5.74) is -1.14. The molecule has 2 aliphatic heterocycles. The molecule has 0 spiro atoms. The number of benzene rings is 1. The first-order valence-corrected chi connectivity index (χ1v) is 9.43. The van der Waals surface area contributed by atoms with E-state index in [1.807, 2.05) is 0 Å². The van der Waals surface area contributed by atoms with Crippen LogP contribution in [-0.2, 0) is 19.2 Å². The maximum Gasteiger partial charge on any atom is 0.295 e. The molecule has 0 aromatic heterocycles. The first kappa shape index (κ1) is 19.9. The van der Waals surface area contributed by atoms with E-state index in [9.17, 15) is 18.4 Å². The second-order valence-corrected chi connectivity index (χ2v) is 6.73. The second-order valence-electron chi connectivity index (χ2n) is 6.11. The SMILES string of the molecule is C=C[C@]1(C(=O)N[C@@H]2C=C(C(=O)NSC)OC2)CC(c2cc(F)cc(F)c2)=NO1. The Kier molecular flexibility index (Phi) is 5.68. The van der Waals surface area contributed by atoms with Gasteiger partial charge in [-0.15, -0.1) is 0 Å². The lowest BCUT2D eigenvalue weighted by atomic mass is 9.93. The Hall–Kier alpha value is -2.88. The van der Waals surface area contributed by atoms with Crippen molar-refractivity contribution in [2.45, 2.75) is 18.1 Å². The Balaban J connectivity index is 1.69.